The number of halogens is 6. The number of rotatable bonds is 23. The molecule has 0 aliphatic carbocycles. The highest BCUT2D eigenvalue weighted by Crippen LogP contribution is 2.44. The van der Waals surface area contributed by atoms with Gasteiger partial charge < -0.3 is 0 Å². The quantitative estimate of drug-likeness (QED) is 0.0895. The Kier molecular flexibility index (Phi) is 64.3. The summed E-state index contributed by atoms with van der Waals surface area (Å²) in [7, 11) is 0. The summed E-state index contributed by atoms with van der Waals surface area (Å²) in [5, 5.41) is 0. The van der Waals surface area contributed by atoms with Crippen LogP contribution in [-0.2, 0) is 0 Å². The van der Waals surface area contributed by atoms with E-state index >= 15 is 0 Å². The molecule has 0 radical (unpaired) electrons. The molecule has 0 aromatic rings. The monoisotopic (exact) mass is 1280 g/mol. The normalized spacial score (nSPS) is 15.1. The van der Waals surface area contributed by atoms with Gasteiger partial charge in [0.25, 0.3) is 0 Å². The maximum atomic E-state index is 13.9. The summed E-state index contributed by atoms with van der Waals surface area (Å²) in [6.45, 7) is 93.3. The summed E-state index contributed by atoms with van der Waals surface area (Å²) in [4.78, 5) is 0. The molecule has 0 aliphatic rings. The van der Waals surface area contributed by atoms with E-state index in [0.717, 1.165) is 43.9 Å². The van der Waals surface area contributed by atoms with E-state index in [0.29, 0.717) is 83.9 Å². The average Bonchev–Trinajstić information content (AvgIpc) is 3.38. The molecule has 88 heavy (non-hydrogen) atoms. The van der Waals surface area contributed by atoms with E-state index in [1.165, 1.54) is 38.5 Å². The van der Waals surface area contributed by atoms with Gasteiger partial charge in [-0.1, -0.05) is 314 Å². The van der Waals surface area contributed by atoms with Gasteiger partial charge >= 0.3 is 0 Å². The molecule has 4 unspecified atom stereocenters. The van der Waals surface area contributed by atoms with Gasteiger partial charge in [0.2, 0.25) is 0 Å². The van der Waals surface area contributed by atoms with Gasteiger partial charge in [0.1, 0.15) is 34.0 Å². The lowest BCUT2D eigenvalue weighted by Gasteiger charge is -2.40. The fraction of sp³-hybridized carbons (Fsp3) is 1.00. The second-order valence-electron chi connectivity index (χ2n) is 34.2. The van der Waals surface area contributed by atoms with Crippen LogP contribution < -0.4 is 0 Å². The third kappa shape index (κ3) is 59.3. The van der Waals surface area contributed by atoms with Crippen molar-refractivity contribution in [2.45, 2.75) is 461 Å². The van der Waals surface area contributed by atoms with Crippen molar-refractivity contribution in [3.05, 3.63) is 0 Å². The predicted molar refractivity (Wildman–Crippen MR) is 400 cm³/mol. The lowest BCUT2D eigenvalue weighted by atomic mass is 9.65. The Balaban J connectivity index is -0.0000000964. The first-order valence-corrected chi connectivity index (χ1v) is 37.1. The predicted octanol–water partition coefficient (Wildman–Crippen LogP) is 32.3. The van der Waals surface area contributed by atoms with Gasteiger partial charge in [-0.05, 0) is 181 Å². The summed E-state index contributed by atoms with van der Waals surface area (Å²) < 4.78 is 79.2. The molecule has 0 fully saturated rings. The average molecular weight is 1280 g/mol. The van der Waals surface area contributed by atoms with Crippen LogP contribution in [0.3, 0.4) is 0 Å². The molecule has 0 rings (SSSR count). The van der Waals surface area contributed by atoms with Gasteiger partial charge in [0, 0.05) is 5.41 Å². The van der Waals surface area contributed by atoms with Crippen LogP contribution >= 0.6 is 0 Å². The Bertz CT molecular complexity index is 1420. The molecule has 0 amide bonds. The zero-order valence-electron chi connectivity index (χ0n) is 70.0. The Morgan fingerprint density at radius 1 is 0.284 bits per heavy atom. The number of hydrogen-bond donors (Lipinski definition) is 0. The second kappa shape index (κ2) is 51.9. The van der Waals surface area contributed by atoms with E-state index in [4.69, 9.17) is 0 Å². The highest BCUT2D eigenvalue weighted by Gasteiger charge is 2.41. The molecular formula is C82H178F6. The molecule has 0 heterocycles. The zero-order valence-corrected chi connectivity index (χ0v) is 70.0. The van der Waals surface area contributed by atoms with Crippen molar-refractivity contribution in [3.63, 3.8) is 0 Å². The third-order valence-electron chi connectivity index (χ3n) is 21.4. The molecule has 548 valence electrons. The molecule has 4 atom stereocenters. The topological polar surface area (TPSA) is 0 Å². The summed E-state index contributed by atoms with van der Waals surface area (Å²) in [5.41, 5.74) is -3.36. The van der Waals surface area contributed by atoms with E-state index in [1.54, 1.807) is 48.5 Å². The minimum absolute atomic E-state index is 0.137. The molecule has 0 saturated heterocycles. The molecule has 0 aromatic carbocycles. The summed E-state index contributed by atoms with van der Waals surface area (Å²) in [6, 6.07) is 0. The van der Waals surface area contributed by atoms with Gasteiger partial charge in [-0.15, -0.1) is 0 Å². The summed E-state index contributed by atoms with van der Waals surface area (Å²) in [6.07, 6.45) is 17.0. The van der Waals surface area contributed by atoms with E-state index < -0.39 is 34.0 Å². The smallest absolute Gasteiger partial charge is 0.113 e. The Labute approximate surface area is 558 Å². The third-order valence-corrected chi connectivity index (χ3v) is 21.4. The van der Waals surface area contributed by atoms with E-state index in [9.17, 15) is 26.3 Å². The van der Waals surface area contributed by atoms with Crippen LogP contribution in [0.4, 0.5) is 26.3 Å². The van der Waals surface area contributed by atoms with Crippen molar-refractivity contribution in [2.24, 2.45) is 73.9 Å². The number of hydrogen-bond acceptors (Lipinski definition) is 0. The van der Waals surface area contributed by atoms with Crippen LogP contribution in [-0.4, -0.2) is 34.0 Å². The van der Waals surface area contributed by atoms with Crippen LogP contribution in [0.2, 0.25) is 0 Å². The standard InChI is InChI=1S/2C10H21F.C10H22.C9H19F.C9H20.2C7H15F.2C7H16.C6H13F/c1-7(2)9(8(3)4)10(5,6)11;1-6-9(4,7-2)10(5,11)8-3;1-7-10(6,8-2)9(3,4)5;1-5-8(6-2)9(4,10)7-3;1-6-8(7-2)9(3,4)5;1-5-7(4,8)6(2)3;1-4-6-7(3,8)5-2;1-6(2)7(3,4)5;1-5-6-7(2,3)4;1-4-6(3,7)5-2/h7-9H,1-6H3;6-8H2,1-5H3;7-8H2,1-6H3;8H,5-7H2,1-4H3;8H,6-7H2,1-5H3;6H,5H2,1-4H3;4-6H2,1-3H3;6H,1-5H3;5-6H2,1-4H3;4-5H2,1-3H3. The molecule has 0 aromatic heterocycles. The van der Waals surface area contributed by atoms with Crippen LogP contribution in [0, 0.1) is 73.9 Å². The summed E-state index contributed by atoms with van der Waals surface area (Å²) in [5.74, 6) is 3.11. The molecule has 0 N–H and O–H groups in total. The van der Waals surface area contributed by atoms with Crippen molar-refractivity contribution in [3.8, 4) is 0 Å². The second-order valence-corrected chi connectivity index (χ2v) is 34.2. The maximum Gasteiger partial charge on any atom is 0.113 e. The highest BCUT2D eigenvalue weighted by molar-refractivity contribution is 4.90. The summed E-state index contributed by atoms with van der Waals surface area (Å²) >= 11 is 0. The van der Waals surface area contributed by atoms with Crippen molar-refractivity contribution < 1.29 is 26.3 Å². The SMILES string of the molecule is CC(C)C(C(C)C)C(C)(C)F.CC(C)C(C)(C)C.CCC(C)(CC)C(C)(C)C.CCC(C)(F)C(C)(CC)CC.CCC(C)(F)C(C)C.CCC(C)(F)CC.CCC(CC)C(C)(C)C.CCC(CC)C(C)(F)CC.CCCC(C)(C)C.CCCC(C)(F)CC. The Morgan fingerprint density at radius 3 is 0.602 bits per heavy atom. The van der Waals surface area contributed by atoms with E-state index in [-0.39, 0.29) is 23.2 Å². The van der Waals surface area contributed by atoms with Gasteiger partial charge in [-0.25, -0.2) is 26.3 Å². The fourth-order valence-corrected chi connectivity index (χ4v) is 10.1. The first kappa shape index (κ1) is 109. The molecule has 0 bridgehead atoms. The van der Waals surface area contributed by atoms with Crippen molar-refractivity contribution in [2.75, 3.05) is 0 Å². The Hall–Kier alpha value is -0.420. The first-order valence-electron chi connectivity index (χ1n) is 37.1. The van der Waals surface area contributed by atoms with Crippen molar-refractivity contribution in [1.29, 1.82) is 0 Å². The fourth-order valence-electron chi connectivity index (χ4n) is 10.1. The van der Waals surface area contributed by atoms with Crippen molar-refractivity contribution >= 4 is 0 Å². The Morgan fingerprint density at radius 2 is 0.568 bits per heavy atom. The minimum atomic E-state index is -1.04. The molecule has 0 nitrogen and oxygen atoms in total. The van der Waals surface area contributed by atoms with Crippen LogP contribution in [0.25, 0.3) is 0 Å². The van der Waals surface area contributed by atoms with Gasteiger partial charge in [0.15, 0.2) is 0 Å². The van der Waals surface area contributed by atoms with E-state index in [2.05, 4.69) is 194 Å². The maximum absolute atomic E-state index is 13.9. The molecule has 0 saturated carbocycles. The lowest BCUT2D eigenvalue weighted by molar-refractivity contribution is 0.00941. The van der Waals surface area contributed by atoms with Gasteiger partial charge in [-0.2, -0.15) is 0 Å². The highest BCUT2D eigenvalue weighted by atomic mass is 19.2. The lowest BCUT2D eigenvalue weighted by Crippen LogP contribution is -2.38. The number of alkyl halides is 6. The largest absolute Gasteiger partial charge is 0.244 e. The minimum Gasteiger partial charge on any atom is -0.244 e. The molecular weight excluding hydrogens is 1100 g/mol. The molecule has 6 heteroatoms. The van der Waals surface area contributed by atoms with Gasteiger partial charge in [0.05, 0.1) is 0 Å². The van der Waals surface area contributed by atoms with Crippen LogP contribution in [0.15, 0.2) is 0 Å². The van der Waals surface area contributed by atoms with Crippen LogP contribution in [0.5, 0.6) is 0 Å². The van der Waals surface area contributed by atoms with Crippen molar-refractivity contribution in [1.82, 2.24) is 0 Å². The zero-order chi connectivity index (χ0) is 73.8. The van der Waals surface area contributed by atoms with Gasteiger partial charge in [-0.3, -0.25) is 0 Å². The van der Waals surface area contributed by atoms with E-state index in [1.807, 2.05) is 69.2 Å². The first-order chi connectivity index (χ1) is 38.9. The molecule has 0 aliphatic heterocycles. The van der Waals surface area contributed by atoms with Crippen LogP contribution in [0.1, 0.15) is 427 Å². The molecule has 0 spiro atoms.